The van der Waals surface area contributed by atoms with Crippen molar-refractivity contribution in [1.82, 2.24) is 9.88 Å². The molecule has 1 aromatic heterocycles. The molecule has 7 rings (SSSR count). The van der Waals surface area contributed by atoms with Gasteiger partial charge in [-0.15, -0.1) is 11.8 Å². The molecule has 2 aliphatic heterocycles. The number of nitrogens with one attached hydrogen (secondary N) is 2. The van der Waals surface area contributed by atoms with Gasteiger partial charge in [-0.2, -0.15) is 13.2 Å². The number of hydrogen-bond acceptors (Lipinski definition) is 8. The molecule has 246 valence electrons. The van der Waals surface area contributed by atoms with Crippen LogP contribution in [0.15, 0.2) is 58.4 Å². The number of halogens is 3. The van der Waals surface area contributed by atoms with E-state index in [4.69, 9.17) is 9.84 Å². The number of para-hydroxylation sites is 1. The summed E-state index contributed by atoms with van der Waals surface area (Å²) < 4.78 is 45.5. The van der Waals surface area contributed by atoms with Crippen LogP contribution in [0.3, 0.4) is 0 Å². The Hall–Kier alpha value is -4.11. The van der Waals surface area contributed by atoms with Gasteiger partial charge in [0, 0.05) is 29.0 Å². The second-order valence-electron chi connectivity index (χ2n) is 12.2. The topological polar surface area (TPSA) is 146 Å². The van der Waals surface area contributed by atoms with E-state index >= 15 is 0 Å². The van der Waals surface area contributed by atoms with E-state index in [-0.39, 0.29) is 70.7 Å². The van der Waals surface area contributed by atoms with Crippen molar-refractivity contribution in [3.63, 3.8) is 0 Å². The maximum absolute atomic E-state index is 13.6. The average molecular weight is 688 g/mol. The molecule has 1 saturated heterocycles. The Balaban J connectivity index is 1.09. The molecular weight excluding hydrogens is 659 g/mol. The quantitative estimate of drug-likeness (QED) is 0.272. The van der Waals surface area contributed by atoms with E-state index in [1.807, 2.05) is 12.1 Å². The predicted octanol–water partition coefficient (Wildman–Crippen LogP) is 4.81. The summed E-state index contributed by atoms with van der Waals surface area (Å²) in [4.78, 5) is 67.8. The van der Waals surface area contributed by atoms with Crippen LogP contribution in [0.2, 0.25) is 0 Å². The molecular formula is C32H28F3N3O7S2. The number of imide groups is 1. The van der Waals surface area contributed by atoms with Crippen molar-refractivity contribution in [3.05, 3.63) is 74.2 Å². The van der Waals surface area contributed by atoms with Crippen LogP contribution in [0.4, 0.5) is 18.9 Å². The predicted molar refractivity (Wildman–Crippen MR) is 164 cm³/mol. The lowest BCUT2D eigenvalue weighted by Crippen LogP contribution is -2.42. The maximum Gasteiger partial charge on any atom is 0.418 e. The number of hydrogen-bond donors (Lipinski definition) is 3. The van der Waals surface area contributed by atoms with Gasteiger partial charge < -0.3 is 20.1 Å². The van der Waals surface area contributed by atoms with Crippen LogP contribution in [0.1, 0.15) is 41.2 Å². The van der Waals surface area contributed by atoms with Gasteiger partial charge in [-0.1, -0.05) is 35.6 Å². The van der Waals surface area contributed by atoms with Crippen LogP contribution >= 0.6 is 23.1 Å². The van der Waals surface area contributed by atoms with Crippen molar-refractivity contribution in [2.24, 2.45) is 29.6 Å². The first-order chi connectivity index (χ1) is 22.4. The van der Waals surface area contributed by atoms with Crippen LogP contribution in [0.25, 0.3) is 0 Å². The minimum absolute atomic E-state index is 0.0149. The molecule has 7 atom stereocenters. The molecule has 2 aromatic carbocycles. The molecule has 3 amide bonds. The third-order valence-corrected chi connectivity index (χ3v) is 12.3. The number of aromatic nitrogens is 1. The lowest BCUT2D eigenvalue weighted by molar-refractivity contribution is -0.143. The Morgan fingerprint density at radius 3 is 2.43 bits per heavy atom. The summed E-state index contributed by atoms with van der Waals surface area (Å²) in [5.74, 6) is -3.28. The second kappa shape index (κ2) is 11.8. The first-order valence-electron chi connectivity index (χ1n) is 15.1. The number of carbonyl (C=O) groups is 4. The highest BCUT2D eigenvalue weighted by molar-refractivity contribution is 8.00. The molecule has 3 aromatic rings. The molecule has 3 heterocycles. The zero-order valence-electron chi connectivity index (χ0n) is 24.5. The fourth-order valence-corrected chi connectivity index (χ4v) is 10.9. The second-order valence-corrected chi connectivity index (χ2v) is 14.4. The van der Waals surface area contributed by atoms with Gasteiger partial charge in [0.25, 0.3) is 5.91 Å². The van der Waals surface area contributed by atoms with Crippen molar-refractivity contribution in [2.75, 3.05) is 18.5 Å². The molecule has 2 aliphatic carbocycles. The molecule has 4 aliphatic rings. The van der Waals surface area contributed by atoms with E-state index in [0.717, 1.165) is 32.9 Å². The third kappa shape index (κ3) is 5.52. The van der Waals surface area contributed by atoms with E-state index in [1.54, 1.807) is 23.9 Å². The number of benzene rings is 2. The van der Waals surface area contributed by atoms with E-state index in [0.29, 0.717) is 12.2 Å². The van der Waals surface area contributed by atoms with Gasteiger partial charge in [0.1, 0.15) is 5.75 Å². The van der Waals surface area contributed by atoms with Crippen molar-refractivity contribution in [1.29, 1.82) is 0 Å². The Morgan fingerprint density at radius 2 is 1.72 bits per heavy atom. The number of ether oxygens (including phenoxy) is 1. The highest BCUT2D eigenvalue weighted by Crippen LogP contribution is 2.68. The number of carboxylic acid groups (broad SMARTS) is 1. The minimum Gasteiger partial charge on any atom is -0.484 e. The Morgan fingerprint density at radius 1 is 1.02 bits per heavy atom. The van der Waals surface area contributed by atoms with E-state index < -0.39 is 42.1 Å². The summed E-state index contributed by atoms with van der Waals surface area (Å²) in [6.07, 6.45) is -3.86. The van der Waals surface area contributed by atoms with Gasteiger partial charge in [0.05, 0.1) is 28.1 Å². The van der Waals surface area contributed by atoms with Crippen LogP contribution in [0.5, 0.6) is 5.75 Å². The molecule has 2 bridgehead atoms. The van der Waals surface area contributed by atoms with Crippen LogP contribution in [-0.4, -0.2) is 57.1 Å². The number of anilines is 1. The molecule has 3 fully saturated rings. The number of rotatable bonds is 9. The van der Waals surface area contributed by atoms with Crippen molar-refractivity contribution in [3.8, 4) is 5.75 Å². The number of nitrogens with zero attached hydrogens (tertiary/aromatic N) is 1. The van der Waals surface area contributed by atoms with E-state index in [9.17, 15) is 37.1 Å². The molecule has 0 radical (unpaired) electrons. The summed E-state index contributed by atoms with van der Waals surface area (Å²) in [6.45, 7) is -0.441. The van der Waals surface area contributed by atoms with Crippen LogP contribution in [-0.2, 0) is 25.4 Å². The molecule has 47 heavy (non-hydrogen) atoms. The standard InChI is InChI=1S/C32H28F3N3O7S2/c33-32(34,35)18-4-1-2-5-19(18)36-20(39)13-45-15-9-7-14(8-10-15)22-23-16-12-17(26(23)46-28-27(22)47-31(44)37-28)25-24(16)29(42)38(30(25)43)11-3-6-21(40)41/h1-2,4-5,7-10,16-17,22-26H,3,6,11-13H2,(H,36,39)(H,37,44)(H,40,41)/t16?,17?,22-,23?,24?,25?,26?/m1/s1. The van der Waals surface area contributed by atoms with Crippen LogP contribution in [0, 0.1) is 29.6 Å². The molecule has 0 spiro atoms. The SMILES string of the molecule is O=C(O)CCCN1C(=O)C2C3CC(C2C1=O)C1C3Sc2[nH]c(=O)sc2[C@@H]1c1ccc(OCC(=O)Nc2ccccc2C(F)(F)F)cc1. The number of amides is 3. The average Bonchev–Trinajstić information content (AvgIpc) is 3.76. The molecule has 3 N–H and O–H groups in total. The highest BCUT2D eigenvalue weighted by Gasteiger charge is 2.69. The number of thioether (sulfide) groups is 1. The first-order valence-corrected chi connectivity index (χ1v) is 16.8. The third-order valence-electron chi connectivity index (χ3n) is 9.70. The lowest BCUT2D eigenvalue weighted by Gasteiger charge is -2.43. The smallest absolute Gasteiger partial charge is 0.418 e. The molecule has 15 heteroatoms. The summed E-state index contributed by atoms with van der Waals surface area (Å²) in [6, 6.07) is 11.6. The number of H-pyrrole nitrogens is 1. The fraction of sp³-hybridized carbons (Fsp3) is 0.406. The fourth-order valence-electron chi connectivity index (χ4n) is 8.01. The van der Waals surface area contributed by atoms with Gasteiger partial charge in [0.2, 0.25) is 11.8 Å². The van der Waals surface area contributed by atoms with Crippen molar-refractivity contribution < 1.29 is 42.2 Å². The number of likely N-dealkylation sites (tertiary alicyclic amines) is 1. The van der Waals surface area contributed by atoms with Crippen molar-refractivity contribution >= 4 is 52.5 Å². The zero-order valence-corrected chi connectivity index (χ0v) is 26.1. The first kappa shape index (κ1) is 31.5. The van der Waals surface area contributed by atoms with E-state index in [1.165, 1.54) is 23.1 Å². The largest absolute Gasteiger partial charge is 0.484 e. The van der Waals surface area contributed by atoms with Gasteiger partial charge in [-0.3, -0.25) is 28.9 Å². The Bertz CT molecular complexity index is 1820. The Labute approximate surface area is 273 Å². The van der Waals surface area contributed by atoms with Gasteiger partial charge in [0.15, 0.2) is 6.61 Å². The number of fused-ring (bicyclic) bond motifs is 9. The monoisotopic (exact) mass is 687 g/mol. The lowest BCUT2D eigenvalue weighted by atomic mass is 9.68. The number of aromatic amines is 1. The minimum atomic E-state index is -4.63. The summed E-state index contributed by atoms with van der Waals surface area (Å²) in [5, 5.41) is 12.0. The van der Waals surface area contributed by atoms with Gasteiger partial charge in [-0.25, -0.2) is 0 Å². The molecule has 6 unspecified atom stereocenters. The van der Waals surface area contributed by atoms with Crippen LogP contribution < -0.4 is 14.9 Å². The Kier molecular flexibility index (Phi) is 7.94. The maximum atomic E-state index is 13.6. The highest BCUT2D eigenvalue weighted by atomic mass is 32.2. The number of aliphatic carboxylic acids is 1. The number of alkyl halides is 3. The number of carboxylic acids is 1. The molecule has 10 nitrogen and oxygen atoms in total. The molecule has 2 saturated carbocycles. The number of carbonyl (C=O) groups excluding carboxylic acids is 3. The summed E-state index contributed by atoms with van der Waals surface area (Å²) in [7, 11) is 0. The zero-order chi connectivity index (χ0) is 33.2. The summed E-state index contributed by atoms with van der Waals surface area (Å²) in [5.41, 5.74) is -0.463. The van der Waals surface area contributed by atoms with Gasteiger partial charge in [-0.05, 0) is 60.4 Å². The van der Waals surface area contributed by atoms with Crippen molar-refractivity contribution in [2.45, 2.75) is 41.6 Å². The normalized spacial score (nSPS) is 27.4. The van der Waals surface area contributed by atoms with E-state index in [2.05, 4.69) is 10.3 Å². The summed E-state index contributed by atoms with van der Waals surface area (Å²) >= 11 is 2.68. The number of thiazole rings is 1. The van der Waals surface area contributed by atoms with Gasteiger partial charge >= 0.3 is 17.0 Å².